The third kappa shape index (κ3) is 3.76. The van der Waals surface area contributed by atoms with Crippen molar-refractivity contribution in [3.8, 4) is 0 Å². The number of carboxylic acids is 1. The van der Waals surface area contributed by atoms with E-state index in [-0.39, 0.29) is 11.3 Å². The Morgan fingerprint density at radius 2 is 2.05 bits per heavy atom. The van der Waals surface area contributed by atoms with Gasteiger partial charge in [0.2, 0.25) is 0 Å². The molecular weight excluding hydrogens is 292 g/mol. The lowest BCUT2D eigenvalue weighted by Gasteiger charge is -2.22. The molecule has 0 bridgehead atoms. The quantitative estimate of drug-likeness (QED) is 0.896. The van der Waals surface area contributed by atoms with Crippen molar-refractivity contribution in [1.29, 1.82) is 0 Å². The molecule has 0 spiro atoms. The van der Waals surface area contributed by atoms with Gasteiger partial charge in [-0.1, -0.05) is 0 Å². The van der Waals surface area contributed by atoms with E-state index in [0.29, 0.717) is 11.8 Å². The van der Waals surface area contributed by atoms with Crippen LogP contribution < -0.4 is 5.32 Å². The number of benzene rings is 1. The Kier molecular flexibility index (Phi) is 4.93. The summed E-state index contributed by atoms with van der Waals surface area (Å²) in [5.74, 6) is 0.0194. The maximum Gasteiger partial charge on any atom is 0.335 e. The lowest BCUT2D eigenvalue weighted by molar-refractivity contribution is 0.0696. The highest BCUT2D eigenvalue weighted by molar-refractivity contribution is 8.06. The predicted molar refractivity (Wildman–Crippen MR) is 75.4 cm³/mol. The molecule has 1 aromatic rings. The zero-order chi connectivity index (χ0) is 13.8. The van der Waals surface area contributed by atoms with Crippen molar-refractivity contribution in [3.05, 3.63) is 29.3 Å². The first-order valence-corrected chi connectivity index (χ1v) is 7.94. The summed E-state index contributed by atoms with van der Waals surface area (Å²) in [6.07, 6.45) is 0. The van der Waals surface area contributed by atoms with Crippen LogP contribution >= 0.6 is 23.5 Å². The monoisotopic (exact) mass is 305 g/mol. The number of nitrogens with one attached hydrogen (secondary N) is 1. The van der Waals surface area contributed by atoms with Crippen LogP contribution in [0.5, 0.6) is 0 Å². The van der Waals surface area contributed by atoms with Crippen LogP contribution in [-0.2, 0) is 0 Å². The molecule has 1 aromatic carbocycles. The molecule has 2 rings (SSSR count). The number of hydrogen-bond acceptors (Lipinski definition) is 4. The molecule has 0 saturated carbocycles. The third-order valence-corrected chi connectivity index (χ3v) is 5.53. The highest BCUT2D eigenvalue weighted by Gasteiger charge is 2.18. The van der Waals surface area contributed by atoms with E-state index in [1.165, 1.54) is 0 Å². The number of carboxylic acid groups (broad SMARTS) is 1. The first kappa shape index (κ1) is 14.5. The van der Waals surface area contributed by atoms with Gasteiger partial charge in [-0.25, -0.2) is 13.6 Å². The molecule has 1 heterocycles. The number of halogens is 2. The highest BCUT2D eigenvalue weighted by Crippen LogP contribution is 2.26. The normalized spacial score (nSPS) is 19.2. The number of thioether (sulfide) groups is 2. The standard InChI is InChI=1S/C12H13F2NO2S2/c13-9-3-7(12(16)17)4-10(14)11(9)15-5-8-6-18-1-2-19-8/h3-4,8,15H,1-2,5-6H2,(H,16,17). The lowest BCUT2D eigenvalue weighted by Crippen LogP contribution is -2.24. The fraction of sp³-hybridized carbons (Fsp3) is 0.417. The van der Waals surface area contributed by atoms with E-state index >= 15 is 0 Å². The van der Waals surface area contributed by atoms with Gasteiger partial charge in [0.25, 0.3) is 0 Å². The SMILES string of the molecule is O=C(O)c1cc(F)c(NCC2CSCCS2)c(F)c1. The van der Waals surface area contributed by atoms with Gasteiger partial charge >= 0.3 is 5.97 Å². The van der Waals surface area contributed by atoms with Gasteiger partial charge in [0.05, 0.1) is 5.56 Å². The van der Waals surface area contributed by atoms with Crippen LogP contribution in [0.2, 0.25) is 0 Å². The maximum atomic E-state index is 13.6. The molecule has 2 N–H and O–H groups in total. The van der Waals surface area contributed by atoms with E-state index < -0.39 is 17.6 Å². The van der Waals surface area contributed by atoms with Gasteiger partial charge in [-0.2, -0.15) is 23.5 Å². The van der Waals surface area contributed by atoms with Gasteiger partial charge in [-0.05, 0) is 12.1 Å². The predicted octanol–water partition coefficient (Wildman–Crippen LogP) is 2.92. The van der Waals surface area contributed by atoms with Crippen molar-refractivity contribution in [2.45, 2.75) is 5.25 Å². The van der Waals surface area contributed by atoms with Gasteiger partial charge in [0, 0.05) is 29.1 Å². The summed E-state index contributed by atoms with van der Waals surface area (Å²) in [5.41, 5.74) is -0.635. The second-order valence-corrected chi connectivity index (χ2v) is 6.63. The first-order valence-electron chi connectivity index (χ1n) is 5.73. The van der Waals surface area contributed by atoms with E-state index in [1.54, 1.807) is 11.8 Å². The minimum Gasteiger partial charge on any atom is -0.478 e. The zero-order valence-corrected chi connectivity index (χ0v) is 11.6. The Hall–Kier alpha value is -0.950. The topological polar surface area (TPSA) is 49.3 Å². The van der Waals surface area contributed by atoms with Gasteiger partial charge in [-0.3, -0.25) is 0 Å². The minimum absolute atomic E-state index is 0.249. The van der Waals surface area contributed by atoms with Crippen molar-refractivity contribution in [1.82, 2.24) is 0 Å². The van der Waals surface area contributed by atoms with Crippen LogP contribution in [0.1, 0.15) is 10.4 Å². The average molecular weight is 305 g/mol. The van der Waals surface area contributed by atoms with Crippen molar-refractivity contribution >= 4 is 35.2 Å². The van der Waals surface area contributed by atoms with Crippen molar-refractivity contribution in [3.63, 3.8) is 0 Å². The van der Waals surface area contributed by atoms with Crippen LogP contribution in [0, 0.1) is 11.6 Å². The number of aromatic carboxylic acids is 1. The number of hydrogen-bond donors (Lipinski definition) is 2. The summed E-state index contributed by atoms with van der Waals surface area (Å²) >= 11 is 3.61. The molecule has 7 heteroatoms. The molecule has 1 unspecified atom stereocenters. The summed E-state index contributed by atoms with van der Waals surface area (Å²) in [6.45, 7) is 0.470. The molecule has 3 nitrogen and oxygen atoms in total. The number of anilines is 1. The van der Waals surface area contributed by atoms with Crippen LogP contribution in [0.25, 0.3) is 0 Å². The molecule has 0 radical (unpaired) electrons. The van der Waals surface area contributed by atoms with Crippen LogP contribution in [0.4, 0.5) is 14.5 Å². The number of rotatable bonds is 4. The average Bonchev–Trinajstić information content (AvgIpc) is 2.38. The molecule has 1 saturated heterocycles. The van der Waals surface area contributed by atoms with Gasteiger partial charge < -0.3 is 10.4 Å². The van der Waals surface area contributed by atoms with Gasteiger partial charge in [0.15, 0.2) is 0 Å². The second-order valence-electron chi connectivity index (χ2n) is 4.07. The molecule has 19 heavy (non-hydrogen) atoms. The smallest absolute Gasteiger partial charge is 0.335 e. The summed E-state index contributed by atoms with van der Waals surface area (Å²) in [5, 5.41) is 11.8. The van der Waals surface area contributed by atoms with Crippen molar-refractivity contribution in [2.24, 2.45) is 0 Å². The summed E-state index contributed by atoms with van der Waals surface area (Å²) in [7, 11) is 0. The summed E-state index contributed by atoms with van der Waals surface area (Å²) in [4.78, 5) is 10.7. The van der Waals surface area contributed by atoms with E-state index in [2.05, 4.69) is 5.32 Å². The van der Waals surface area contributed by atoms with Crippen molar-refractivity contribution < 1.29 is 18.7 Å². The largest absolute Gasteiger partial charge is 0.478 e. The highest BCUT2D eigenvalue weighted by atomic mass is 32.2. The fourth-order valence-corrected chi connectivity index (χ4v) is 4.35. The molecule has 104 valence electrons. The first-order chi connectivity index (χ1) is 9.08. The molecule has 1 atom stereocenters. The molecule has 1 aliphatic rings. The van der Waals surface area contributed by atoms with Gasteiger partial charge in [-0.15, -0.1) is 0 Å². The molecular formula is C12H13F2NO2S2. The number of carbonyl (C=O) groups is 1. The minimum atomic E-state index is -1.34. The lowest BCUT2D eigenvalue weighted by atomic mass is 10.2. The molecule has 1 aliphatic heterocycles. The molecule has 0 aromatic heterocycles. The van der Waals surface area contributed by atoms with Gasteiger partial charge in [0.1, 0.15) is 17.3 Å². The van der Waals surface area contributed by atoms with E-state index in [4.69, 9.17) is 5.11 Å². The van der Waals surface area contributed by atoms with Crippen molar-refractivity contribution in [2.75, 3.05) is 29.1 Å². The molecule has 1 fully saturated rings. The van der Waals surface area contributed by atoms with E-state index in [1.807, 2.05) is 11.8 Å². The van der Waals surface area contributed by atoms with E-state index in [9.17, 15) is 13.6 Å². The maximum absolute atomic E-state index is 13.6. The summed E-state index contributed by atoms with van der Waals surface area (Å²) in [6, 6.07) is 1.66. The molecule has 0 amide bonds. The van der Waals surface area contributed by atoms with E-state index in [0.717, 1.165) is 29.4 Å². The molecule has 0 aliphatic carbocycles. The summed E-state index contributed by atoms with van der Waals surface area (Å²) < 4.78 is 27.3. The fourth-order valence-electron chi connectivity index (χ4n) is 1.74. The Bertz CT molecular complexity index is 456. The third-order valence-electron chi connectivity index (χ3n) is 2.68. The van der Waals surface area contributed by atoms with Crippen LogP contribution in [-0.4, -0.2) is 40.1 Å². The Labute approximate surface area is 118 Å². The Morgan fingerprint density at radius 1 is 1.37 bits per heavy atom. The van der Waals surface area contributed by atoms with Crippen LogP contribution in [0.15, 0.2) is 12.1 Å². The Balaban J connectivity index is 2.05. The second kappa shape index (κ2) is 6.47. The van der Waals surface area contributed by atoms with Crippen LogP contribution in [0.3, 0.4) is 0 Å². The Morgan fingerprint density at radius 3 is 2.58 bits per heavy atom. The zero-order valence-electron chi connectivity index (χ0n) is 9.99.